The molecule has 0 spiro atoms. The molecule has 1 aromatic carbocycles. The van der Waals surface area contributed by atoms with Crippen LogP contribution in [0.15, 0.2) is 36.5 Å². The number of aryl methyl sites for hydroxylation is 1. The Labute approximate surface area is 117 Å². The Morgan fingerprint density at radius 3 is 2.55 bits per heavy atom. The Morgan fingerprint density at radius 2 is 1.95 bits per heavy atom. The highest BCUT2D eigenvalue weighted by Crippen LogP contribution is 2.26. The number of aromatic nitrogens is 1. The summed E-state index contributed by atoms with van der Waals surface area (Å²) < 4.78 is 0. The van der Waals surface area contributed by atoms with Crippen molar-refractivity contribution in [2.24, 2.45) is 0 Å². The van der Waals surface area contributed by atoms with E-state index in [0.717, 1.165) is 18.5 Å². The van der Waals surface area contributed by atoms with Crippen LogP contribution in [0.1, 0.15) is 27.2 Å². The van der Waals surface area contributed by atoms with Crippen LogP contribution in [0.5, 0.6) is 0 Å². The van der Waals surface area contributed by atoms with Gasteiger partial charge in [-0.1, -0.05) is 24.3 Å². The molecule has 102 valence electrons. The molecule has 1 aromatic heterocycles. The van der Waals surface area contributed by atoms with Crippen molar-refractivity contribution in [1.82, 2.24) is 4.98 Å². The van der Waals surface area contributed by atoms with Crippen molar-refractivity contribution in [3.05, 3.63) is 58.9 Å². The van der Waals surface area contributed by atoms with E-state index in [1.807, 2.05) is 19.1 Å². The van der Waals surface area contributed by atoms with E-state index < -0.39 is 5.97 Å². The molecule has 0 atom stereocenters. The minimum Gasteiger partial charge on any atom is -0.478 e. The van der Waals surface area contributed by atoms with Gasteiger partial charge in [0.2, 0.25) is 0 Å². The van der Waals surface area contributed by atoms with Crippen LogP contribution in [0.4, 0.5) is 5.69 Å². The third-order valence-corrected chi connectivity index (χ3v) is 3.68. The Kier molecular flexibility index (Phi) is 3.14. The van der Waals surface area contributed by atoms with E-state index in [-0.39, 0.29) is 11.6 Å². The Bertz CT molecular complexity index is 642. The molecule has 1 aliphatic carbocycles. The van der Waals surface area contributed by atoms with Crippen LogP contribution in [0.2, 0.25) is 0 Å². The molecule has 2 N–H and O–H groups in total. The number of carboxylic acid groups (broad SMARTS) is 1. The third kappa shape index (κ3) is 2.37. The van der Waals surface area contributed by atoms with Crippen molar-refractivity contribution in [1.29, 1.82) is 0 Å². The van der Waals surface area contributed by atoms with E-state index in [9.17, 15) is 9.90 Å². The quantitative estimate of drug-likeness (QED) is 0.898. The Balaban J connectivity index is 1.83. The van der Waals surface area contributed by atoms with Gasteiger partial charge in [-0.3, -0.25) is 4.98 Å². The monoisotopic (exact) mass is 268 g/mol. The number of anilines is 1. The highest BCUT2D eigenvalue weighted by atomic mass is 16.4. The second-order valence-corrected chi connectivity index (χ2v) is 5.19. The second kappa shape index (κ2) is 4.96. The fourth-order valence-corrected chi connectivity index (χ4v) is 2.73. The molecule has 0 bridgehead atoms. The molecule has 0 amide bonds. The number of hydrogen-bond acceptors (Lipinski definition) is 3. The van der Waals surface area contributed by atoms with Crippen LogP contribution in [0.25, 0.3) is 0 Å². The highest BCUT2D eigenvalue weighted by molar-refractivity contribution is 5.94. The smallest absolute Gasteiger partial charge is 0.339 e. The van der Waals surface area contributed by atoms with Crippen molar-refractivity contribution < 1.29 is 9.90 Å². The van der Waals surface area contributed by atoms with Crippen LogP contribution in [0, 0.1) is 6.92 Å². The number of rotatable bonds is 3. The summed E-state index contributed by atoms with van der Waals surface area (Å²) in [4.78, 5) is 15.3. The number of carbonyl (C=O) groups is 1. The molecule has 0 radical (unpaired) electrons. The number of aromatic carboxylic acids is 1. The van der Waals surface area contributed by atoms with Gasteiger partial charge in [-0.2, -0.15) is 0 Å². The van der Waals surface area contributed by atoms with Crippen molar-refractivity contribution in [3.63, 3.8) is 0 Å². The maximum atomic E-state index is 11.2. The summed E-state index contributed by atoms with van der Waals surface area (Å²) in [6, 6.07) is 10.4. The molecule has 4 heteroatoms. The van der Waals surface area contributed by atoms with Gasteiger partial charge in [-0.25, -0.2) is 4.79 Å². The second-order valence-electron chi connectivity index (χ2n) is 5.19. The molecule has 4 nitrogen and oxygen atoms in total. The van der Waals surface area contributed by atoms with Gasteiger partial charge in [0.25, 0.3) is 0 Å². The summed E-state index contributed by atoms with van der Waals surface area (Å²) >= 11 is 0. The van der Waals surface area contributed by atoms with Crippen LogP contribution in [-0.4, -0.2) is 22.1 Å². The summed E-state index contributed by atoms with van der Waals surface area (Å²) in [6.07, 6.45) is 3.27. The first kappa shape index (κ1) is 12.7. The van der Waals surface area contributed by atoms with E-state index in [4.69, 9.17) is 0 Å². The van der Waals surface area contributed by atoms with Gasteiger partial charge >= 0.3 is 5.97 Å². The molecular formula is C16H16N2O2. The first-order valence-corrected chi connectivity index (χ1v) is 6.67. The Morgan fingerprint density at radius 1 is 1.30 bits per heavy atom. The summed E-state index contributed by atoms with van der Waals surface area (Å²) in [7, 11) is 0. The van der Waals surface area contributed by atoms with E-state index >= 15 is 0 Å². The number of nitrogens with zero attached hydrogens (tertiary/aromatic N) is 1. The SMILES string of the molecule is Cc1cc(NC2Cc3ccccc3C2)c(C(=O)O)cn1. The first-order valence-electron chi connectivity index (χ1n) is 6.67. The number of carboxylic acids is 1. The van der Waals surface area contributed by atoms with Crippen molar-refractivity contribution >= 4 is 11.7 Å². The lowest BCUT2D eigenvalue weighted by atomic mass is 10.1. The predicted molar refractivity (Wildman–Crippen MR) is 77.2 cm³/mol. The summed E-state index contributed by atoms with van der Waals surface area (Å²) in [5, 5.41) is 12.6. The van der Waals surface area contributed by atoms with Crippen molar-refractivity contribution in [2.45, 2.75) is 25.8 Å². The maximum Gasteiger partial charge on any atom is 0.339 e. The van der Waals surface area contributed by atoms with Crippen molar-refractivity contribution in [3.8, 4) is 0 Å². The number of pyridine rings is 1. The number of nitrogens with one attached hydrogen (secondary N) is 1. The normalized spacial score (nSPS) is 14.1. The topological polar surface area (TPSA) is 62.2 Å². The lowest BCUT2D eigenvalue weighted by Gasteiger charge is -2.16. The number of fused-ring (bicyclic) bond motifs is 1. The average Bonchev–Trinajstić information content (AvgIpc) is 2.80. The molecule has 0 saturated carbocycles. The van der Waals surface area contributed by atoms with E-state index in [0.29, 0.717) is 5.69 Å². The molecule has 1 heterocycles. The van der Waals surface area contributed by atoms with Crippen LogP contribution >= 0.6 is 0 Å². The largest absolute Gasteiger partial charge is 0.478 e. The molecule has 0 fully saturated rings. The van der Waals surface area contributed by atoms with E-state index in [1.54, 1.807) is 6.07 Å². The average molecular weight is 268 g/mol. The summed E-state index contributed by atoms with van der Waals surface area (Å²) in [6.45, 7) is 1.86. The third-order valence-electron chi connectivity index (χ3n) is 3.68. The lowest BCUT2D eigenvalue weighted by molar-refractivity contribution is 0.0697. The molecule has 0 saturated heterocycles. The first-order chi connectivity index (χ1) is 9.63. The molecule has 2 aromatic rings. The van der Waals surface area contributed by atoms with Crippen LogP contribution < -0.4 is 5.32 Å². The van der Waals surface area contributed by atoms with Crippen molar-refractivity contribution in [2.75, 3.05) is 5.32 Å². The predicted octanol–water partition coefficient (Wildman–Crippen LogP) is 2.67. The molecule has 20 heavy (non-hydrogen) atoms. The van der Waals surface area contributed by atoms with E-state index in [2.05, 4.69) is 22.4 Å². The fraction of sp³-hybridized carbons (Fsp3) is 0.250. The molecule has 0 aliphatic heterocycles. The lowest BCUT2D eigenvalue weighted by Crippen LogP contribution is -2.21. The zero-order valence-electron chi connectivity index (χ0n) is 11.3. The van der Waals surface area contributed by atoms with Gasteiger partial charge in [-0.05, 0) is 37.0 Å². The van der Waals surface area contributed by atoms with Gasteiger partial charge in [0, 0.05) is 17.9 Å². The number of benzene rings is 1. The molecule has 3 rings (SSSR count). The molecule has 1 aliphatic rings. The standard InChI is InChI=1S/C16H16N2O2/c1-10-6-15(14(9-17-10)16(19)20)18-13-7-11-4-2-3-5-12(11)8-13/h2-6,9,13H,7-8H2,1H3,(H,17,18)(H,19,20). The zero-order valence-corrected chi connectivity index (χ0v) is 11.3. The molecular weight excluding hydrogens is 252 g/mol. The van der Waals surface area contributed by atoms with Gasteiger partial charge < -0.3 is 10.4 Å². The number of hydrogen-bond donors (Lipinski definition) is 2. The minimum absolute atomic E-state index is 0.228. The zero-order chi connectivity index (χ0) is 14.1. The molecule has 0 unspecified atom stereocenters. The minimum atomic E-state index is -0.949. The maximum absolute atomic E-state index is 11.2. The summed E-state index contributed by atoms with van der Waals surface area (Å²) in [5.74, 6) is -0.949. The summed E-state index contributed by atoms with van der Waals surface area (Å²) in [5.41, 5.74) is 4.38. The van der Waals surface area contributed by atoms with Gasteiger partial charge in [-0.15, -0.1) is 0 Å². The van der Waals surface area contributed by atoms with Gasteiger partial charge in [0.15, 0.2) is 0 Å². The van der Waals surface area contributed by atoms with Gasteiger partial charge in [0.05, 0.1) is 5.69 Å². The highest BCUT2D eigenvalue weighted by Gasteiger charge is 2.22. The van der Waals surface area contributed by atoms with Crippen LogP contribution in [0.3, 0.4) is 0 Å². The van der Waals surface area contributed by atoms with Gasteiger partial charge in [0.1, 0.15) is 5.56 Å². The van der Waals surface area contributed by atoms with Crippen LogP contribution in [-0.2, 0) is 12.8 Å². The van der Waals surface area contributed by atoms with E-state index in [1.165, 1.54) is 17.3 Å². The Hall–Kier alpha value is -2.36. The fourth-order valence-electron chi connectivity index (χ4n) is 2.73.